The van der Waals surface area contributed by atoms with Crippen molar-refractivity contribution in [3.8, 4) is 0 Å². The largest absolute Gasteiger partial charge is 0.126 e. The van der Waals surface area contributed by atoms with Crippen LogP contribution in [0.3, 0.4) is 0 Å². The van der Waals surface area contributed by atoms with Gasteiger partial charge in [-0.1, -0.05) is 65.2 Å². The summed E-state index contributed by atoms with van der Waals surface area (Å²) in [5, 5.41) is 0. The standard InChI is InChI=1S/C16H31Cl/c1-3-4-5-6-7-8-9-10-13-16(2,14-17)15-11-12-15/h15H,3-14H2,1-2H3. The zero-order chi connectivity index (χ0) is 12.6. The van der Waals surface area contributed by atoms with Crippen LogP contribution in [-0.4, -0.2) is 5.88 Å². The summed E-state index contributed by atoms with van der Waals surface area (Å²) >= 11 is 6.14. The molecule has 0 nitrogen and oxygen atoms in total. The van der Waals surface area contributed by atoms with E-state index < -0.39 is 0 Å². The molecule has 0 aliphatic heterocycles. The zero-order valence-electron chi connectivity index (χ0n) is 11.9. The molecule has 0 radical (unpaired) electrons. The minimum Gasteiger partial charge on any atom is -0.126 e. The molecular weight excluding hydrogens is 228 g/mol. The van der Waals surface area contributed by atoms with E-state index in [9.17, 15) is 0 Å². The first-order chi connectivity index (χ1) is 8.23. The second-order valence-corrected chi connectivity index (χ2v) is 6.55. The van der Waals surface area contributed by atoms with Crippen LogP contribution in [0.5, 0.6) is 0 Å². The first kappa shape index (κ1) is 15.3. The Balaban J connectivity index is 1.92. The predicted octanol–water partition coefficient (Wildman–Crippen LogP) is 6.17. The fraction of sp³-hybridized carbons (Fsp3) is 1.00. The maximum absolute atomic E-state index is 6.14. The van der Waals surface area contributed by atoms with Gasteiger partial charge in [-0.15, -0.1) is 11.6 Å². The van der Waals surface area contributed by atoms with E-state index >= 15 is 0 Å². The van der Waals surface area contributed by atoms with Gasteiger partial charge in [0.1, 0.15) is 0 Å². The fourth-order valence-electron chi connectivity index (χ4n) is 2.82. The molecule has 1 saturated carbocycles. The molecule has 102 valence electrons. The van der Waals surface area contributed by atoms with Gasteiger partial charge < -0.3 is 0 Å². The zero-order valence-corrected chi connectivity index (χ0v) is 12.7. The van der Waals surface area contributed by atoms with Crippen molar-refractivity contribution in [1.29, 1.82) is 0 Å². The van der Waals surface area contributed by atoms with Crippen molar-refractivity contribution in [3.05, 3.63) is 0 Å². The lowest BCUT2D eigenvalue weighted by atomic mass is 9.81. The van der Waals surface area contributed by atoms with Crippen LogP contribution in [0, 0.1) is 11.3 Å². The summed E-state index contributed by atoms with van der Waals surface area (Å²) in [7, 11) is 0. The van der Waals surface area contributed by atoms with Crippen molar-refractivity contribution in [2.75, 3.05) is 5.88 Å². The van der Waals surface area contributed by atoms with Crippen molar-refractivity contribution in [3.63, 3.8) is 0 Å². The van der Waals surface area contributed by atoms with Gasteiger partial charge in [0.25, 0.3) is 0 Å². The summed E-state index contributed by atoms with van der Waals surface area (Å²) in [5.41, 5.74) is 0.462. The van der Waals surface area contributed by atoms with Gasteiger partial charge in [-0.05, 0) is 30.6 Å². The molecule has 0 saturated heterocycles. The number of rotatable bonds is 11. The minimum absolute atomic E-state index is 0.462. The highest BCUT2D eigenvalue weighted by molar-refractivity contribution is 6.18. The Morgan fingerprint density at radius 3 is 1.94 bits per heavy atom. The summed E-state index contributed by atoms with van der Waals surface area (Å²) in [5.74, 6) is 1.82. The highest BCUT2D eigenvalue weighted by Crippen LogP contribution is 2.49. The van der Waals surface area contributed by atoms with E-state index in [-0.39, 0.29) is 0 Å². The van der Waals surface area contributed by atoms with Gasteiger partial charge in [-0.25, -0.2) is 0 Å². The Hall–Kier alpha value is 0.290. The van der Waals surface area contributed by atoms with Crippen LogP contribution in [0.4, 0.5) is 0 Å². The smallest absolute Gasteiger partial charge is 0.0280 e. The molecule has 1 aliphatic rings. The lowest BCUT2D eigenvalue weighted by Crippen LogP contribution is -2.21. The van der Waals surface area contributed by atoms with Gasteiger partial charge in [-0.2, -0.15) is 0 Å². The van der Waals surface area contributed by atoms with Gasteiger partial charge in [0.2, 0.25) is 0 Å². The van der Waals surface area contributed by atoms with Gasteiger partial charge in [0.05, 0.1) is 0 Å². The van der Waals surface area contributed by atoms with Crippen LogP contribution >= 0.6 is 11.6 Å². The molecule has 0 heterocycles. The highest BCUT2D eigenvalue weighted by atomic mass is 35.5. The van der Waals surface area contributed by atoms with Gasteiger partial charge in [0.15, 0.2) is 0 Å². The molecule has 1 heteroatoms. The van der Waals surface area contributed by atoms with Gasteiger partial charge in [-0.3, -0.25) is 0 Å². The third-order valence-electron chi connectivity index (χ3n) is 4.47. The molecule has 1 rings (SSSR count). The number of hydrogen-bond acceptors (Lipinski definition) is 0. The normalized spacial score (nSPS) is 19.2. The van der Waals surface area contributed by atoms with Gasteiger partial charge in [0, 0.05) is 5.88 Å². The summed E-state index contributed by atoms with van der Waals surface area (Å²) in [6.45, 7) is 4.68. The van der Waals surface area contributed by atoms with Crippen molar-refractivity contribution in [2.24, 2.45) is 11.3 Å². The first-order valence-electron chi connectivity index (χ1n) is 7.79. The molecule has 0 aromatic carbocycles. The number of hydrogen-bond donors (Lipinski definition) is 0. The van der Waals surface area contributed by atoms with Crippen molar-refractivity contribution in [1.82, 2.24) is 0 Å². The molecule has 0 spiro atoms. The average Bonchev–Trinajstić information content (AvgIpc) is 3.16. The van der Waals surface area contributed by atoms with E-state index in [2.05, 4.69) is 13.8 Å². The van der Waals surface area contributed by atoms with Crippen LogP contribution in [0.1, 0.15) is 84.5 Å². The summed E-state index contributed by atoms with van der Waals surface area (Å²) < 4.78 is 0. The lowest BCUT2D eigenvalue weighted by Gasteiger charge is -2.27. The molecule has 0 N–H and O–H groups in total. The molecule has 1 fully saturated rings. The van der Waals surface area contributed by atoms with Crippen LogP contribution < -0.4 is 0 Å². The maximum Gasteiger partial charge on any atom is 0.0280 e. The third-order valence-corrected chi connectivity index (χ3v) is 5.08. The molecule has 17 heavy (non-hydrogen) atoms. The highest BCUT2D eigenvalue weighted by Gasteiger charge is 2.39. The number of unbranched alkanes of at least 4 members (excludes halogenated alkanes) is 7. The number of alkyl halides is 1. The number of halogens is 1. The summed E-state index contributed by atoms with van der Waals surface area (Å²) in [4.78, 5) is 0. The van der Waals surface area contributed by atoms with E-state index in [1.807, 2.05) is 0 Å². The Morgan fingerprint density at radius 1 is 0.941 bits per heavy atom. The van der Waals surface area contributed by atoms with E-state index in [0.29, 0.717) is 5.41 Å². The summed E-state index contributed by atoms with van der Waals surface area (Å²) in [6.07, 6.45) is 15.6. The second-order valence-electron chi connectivity index (χ2n) is 6.29. The van der Waals surface area contributed by atoms with E-state index in [1.165, 1.54) is 70.6 Å². The fourth-order valence-corrected chi connectivity index (χ4v) is 3.17. The second kappa shape index (κ2) is 8.40. The molecule has 0 bridgehead atoms. The van der Waals surface area contributed by atoms with Crippen LogP contribution in [0.2, 0.25) is 0 Å². The predicted molar refractivity (Wildman–Crippen MR) is 78.8 cm³/mol. The van der Waals surface area contributed by atoms with Crippen LogP contribution in [-0.2, 0) is 0 Å². The van der Waals surface area contributed by atoms with E-state index in [4.69, 9.17) is 11.6 Å². The van der Waals surface area contributed by atoms with E-state index in [0.717, 1.165) is 11.8 Å². The summed E-state index contributed by atoms with van der Waals surface area (Å²) in [6, 6.07) is 0. The molecule has 1 unspecified atom stereocenters. The molecule has 1 aliphatic carbocycles. The van der Waals surface area contributed by atoms with Gasteiger partial charge >= 0.3 is 0 Å². The SMILES string of the molecule is CCCCCCCCCCC(C)(CCl)C1CC1. The molecule has 0 aromatic rings. The third kappa shape index (κ3) is 6.13. The Kier molecular flexibility index (Phi) is 7.59. The molecule has 0 aromatic heterocycles. The topological polar surface area (TPSA) is 0 Å². The monoisotopic (exact) mass is 258 g/mol. The lowest BCUT2D eigenvalue weighted by molar-refractivity contribution is 0.277. The Labute approximate surface area is 114 Å². The van der Waals surface area contributed by atoms with Crippen molar-refractivity contribution in [2.45, 2.75) is 84.5 Å². The molecular formula is C16H31Cl. The first-order valence-corrected chi connectivity index (χ1v) is 8.32. The minimum atomic E-state index is 0.462. The average molecular weight is 259 g/mol. The van der Waals surface area contributed by atoms with Crippen molar-refractivity contribution >= 4 is 11.6 Å². The van der Waals surface area contributed by atoms with Crippen molar-refractivity contribution < 1.29 is 0 Å². The van der Waals surface area contributed by atoms with Crippen LogP contribution in [0.25, 0.3) is 0 Å². The Bertz CT molecular complexity index is 186. The van der Waals surface area contributed by atoms with E-state index in [1.54, 1.807) is 0 Å². The maximum atomic E-state index is 6.14. The molecule has 0 amide bonds. The Morgan fingerprint density at radius 2 is 1.47 bits per heavy atom. The quantitative estimate of drug-likeness (QED) is 0.307. The molecule has 1 atom stereocenters. The van der Waals surface area contributed by atoms with Crippen LogP contribution in [0.15, 0.2) is 0 Å².